The lowest BCUT2D eigenvalue weighted by molar-refractivity contribution is -0.148. The molecule has 0 spiro atoms. The smallest absolute Gasteiger partial charge is 0.310 e. The van der Waals surface area contributed by atoms with E-state index in [1.807, 2.05) is 12.1 Å². The average molecular weight is 391 g/mol. The molecular formula is C17H15BrN2O4. The molecular weight excluding hydrogens is 376 g/mol. The van der Waals surface area contributed by atoms with Crippen molar-refractivity contribution in [2.45, 2.75) is 6.42 Å². The van der Waals surface area contributed by atoms with Gasteiger partial charge in [0, 0.05) is 10.0 Å². The van der Waals surface area contributed by atoms with Gasteiger partial charge in [0.2, 0.25) is 0 Å². The molecule has 0 fully saturated rings. The molecule has 0 radical (unpaired) electrons. The fraction of sp³-hybridized carbons (Fsp3) is 0.118. The number of amides is 2. The van der Waals surface area contributed by atoms with Crippen LogP contribution in [-0.2, 0) is 20.7 Å². The van der Waals surface area contributed by atoms with Crippen molar-refractivity contribution in [2.24, 2.45) is 0 Å². The summed E-state index contributed by atoms with van der Waals surface area (Å²) in [6, 6.07) is 15.6. The van der Waals surface area contributed by atoms with E-state index in [2.05, 4.69) is 26.8 Å². The van der Waals surface area contributed by atoms with Crippen LogP contribution in [0.2, 0.25) is 0 Å². The van der Waals surface area contributed by atoms with E-state index in [9.17, 15) is 14.4 Å². The number of halogens is 1. The fourth-order valence-electron chi connectivity index (χ4n) is 1.79. The molecule has 0 aliphatic heterocycles. The van der Waals surface area contributed by atoms with Crippen molar-refractivity contribution in [1.29, 1.82) is 0 Å². The van der Waals surface area contributed by atoms with Gasteiger partial charge in [-0.15, -0.1) is 0 Å². The molecule has 0 unspecified atom stereocenters. The maximum atomic E-state index is 11.7. The average Bonchev–Trinajstić information content (AvgIpc) is 2.60. The zero-order valence-corrected chi connectivity index (χ0v) is 14.2. The van der Waals surface area contributed by atoms with Crippen LogP contribution in [-0.4, -0.2) is 24.4 Å². The summed E-state index contributed by atoms with van der Waals surface area (Å²) in [5, 5.41) is 0. The topological polar surface area (TPSA) is 84.5 Å². The van der Waals surface area contributed by atoms with E-state index in [1.54, 1.807) is 42.5 Å². The maximum absolute atomic E-state index is 11.7. The molecule has 24 heavy (non-hydrogen) atoms. The first-order chi connectivity index (χ1) is 11.5. The third-order valence-electron chi connectivity index (χ3n) is 2.98. The highest BCUT2D eigenvalue weighted by molar-refractivity contribution is 9.10. The minimum Gasteiger partial charge on any atom is -0.455 e. The summed E-state index contributed by atoms with van der Waals surface area (Å²) in [5.74, 6) is -1.60. The van der Waals surface area contributed by atoms with E-state index in [1.165, 1.54) is 0 Å². The van der Waals surface area contributed by atoms with E-state index in [4.69, 9.17) is 4.74 Å². The Bertz CT molecular complexity index is 717. The van der Waals surface area contributed by atoms with Gasteiger partial charge >= 0.3 is 5.97 Å². The number of hydrogen-bond acceptors (Lipinski definition) is 4. The van der Waals surface area contributed by atoms with Crippen LogP contribution in [0, 0.1) is 0 Å². The first kappa shape index (κ1) is 17.7. The van der Waals surface area contributed by atoms with Crippen molar-refractivity contribution >= 4 is 33.7 Å². The number of benzene rings is 2. The third-order valence-corrected chi connectivity index (χ3v) is 3.51. The molecule has 2 aromatic carbocycles. The SMILES string of the molecule is O=C(COC(=O)Cc1ccc(Br)cc1)NNC(=O)c1ccccc1. The summed E-state index contributed by atoms with van der Waals surface area (Å²) in [5.41, 5.74) is 5.62. The number of hydrogen-bond donors (Lipinski definition) is 2. The maximum Gasteiger partial charge on any atom is 0.310 e. The first-order valence-corrected chi connectivity index (χ1v) is 7.88. The number of ether oxygens (including phenoxy) is 1. The van der Waals surface area contributed by atoms with E-state index >= 15 is 0 Å². The van der Waals surface area contributed by atoms with Gasteiger partial charge in [0.15, 0.2) is 6.61 Å². The second-order valence-electron chi connectivity index (χ2n) is 4.83. The van der Waals surface area contributed by atoms with Gasteiger partial charge in [-0.05, 0) is 29.8 Å². The number of hydrazine groups is 1. The Morgan fingerprint density at radius 3 is 2.25 bits per heavy atom. The molecule has 2 amide bonds. The zero-order valence-electron chi connectivity index (χ0n) is 12.6. The molecule has 0 aliphatic carbocycles. The summed E-state index contributed by atoms with van der Waals surface area (Å²) in [4.78, 5) is 34.9. The lowest BCUT2D eigenvalue weighted by Gasteiger charge is -2.08. The molecule has 7 heteroatoms. The summed E-state index contributed by atoms with van der Waals surface area (Å²) in [7, 11) is 0. The molecule has 0 aliphatic rings. The molecule has 2 aromatic rings. The van der Waals surface area contributed by atoms with E-state index < -0.39 is 24.4 Å². The van der Waals surface area contributed by atoms with Crippen molar-refractivity contribution in [1.82, 2.24) is 10.9 Å². The Labute approximate surface area is 147 Å². The Kier molecular flexibility index (Phi) is 6.51. The van der Waals surface area contributed by atoms with Crippen LogP contribution in [0.1, 0.15) is 15.9 Å². The molecule has 0 heterocycles. The molecule has 0 aromatic heterocycles. The van der Waals surface area contributed by atoms with Gasteiger partial charge in [0.1, 0.15) is 0 Å². The van der Waals surface area contributed by atoms with Crippen molar-refractivity contribution in [3.8, 4) is 0 Å². The lowest BCUT2D eigenvalue weighted by Crippen LogP contribution is -2.43. The number of nitrogens with one attached hydrogen (secondary N) is 2. The van der Waals surface area contributed by atoms with E-state index in [-0.39, 0.29) is 6.42 Å². The van der Waals surface area contributed by atoms with Crippen molar-refractivity contribution in [2.75, 3.05) is 6.61 Å². The molecule has 2 N–H and O–H groups in total. The van der Waals surface area contributed by atoms with Crippen LogP contribution in [0.4, 0.5) is 0 Å². The molecule has 0 bridgehead atoms. The Morgan fingerprint density at radius 2 is 1.58 bits per heavy atom. The van der Waals surface area contributed by atoms with Crippen LogP contribution >= 0.6 is 15.9 Å². The lowest BCUT2D eigenvalue weighted by atomic mass is 10.2. The molecule has 6 nitrogen and oxygen atoms in total. The van der Waals surface area contributed by atoms with Gasteiger partial charge in [-0.2, -0.15) is 0 Å². The van der Waals surface area contributed by atoms with Crippen molar-refractivity contribution < 1.29 is 19.1 Å². The van der Waals surface area contributed by atoms with Gasteiger partial charge in [-0.1, -0.05) is 46.3 Å². The van der Waals surface area contributed by atoms with E-state index in [0.29, 0.717) is 5.56 Å². The van der Waals surface area contributed by atoms with Gasteiger partial charge in [0.25, 0.3) is 11.8 Å². The highest BCUT2D eigenvalue weighted by Gasteiger charge is 2.10. The van der Waals surface area contributed by atoms with Crippen LogP contribution in [0.15, 0.2) is 59.1 Å². The zero-order chi connectivity index (χ0) is 17.4. The number of rotatable bonds is 5. The largest absolute Gasteiger partial charge is 0.455 e. The van der Waals surface area contributed by atoms with Crippen molar-refractivity contribution in [3.63, 3.8) is 0 Å². The molecule has 124 valence electrons. The summed E-state index contributed by atoms with van der Waals surface area (Å²) in [6.45, 7) is -0.468. The third kappa shape index (κ3) is 5.85. The highest BCUT2D eigenvalue weighted by Crippen LogP contribution is 2.11. The molecule has 0 saturated heterocycles. The fourth-order valence-corrected chi connectivity index (χ4v) is 2.05. The van der Waals surface area contributed by atoms with E-state index in [0.717, 1.165) is 10.0 Å². The summed E-state index contributed by atoms with van der Waals surface area (Å²) < 4.78 is 5.77. The minimum atomic E-state index is -0.622. The highest BCUT2D eigenvalue weighted by atomic mass is 79.9. The Balaban J connectivity index is 1.70. The quantitative estimate of drug-likeness (QED) is 0.603. The normalized spacial score (nSPS) is 9.88. The molecule has 2 rings (SSSR count). The predicted molar refractivity (Wildman–Crippen MR) is 90.9 cm³/mol. The Hall–Kier alpha value is -2.67. The number of carbonyl (C=O) groups is 3. The van der Waals surface area contributed by atoms with Gasteiger partial charge in [0.05, 0.1) is 6.42 Å². The van der Waals surface area contributed by atoms with Crippen LogP contribution in [0.25, 0.3) is 0 Å². The Morgan fingerprint density at radius 1 is 0.917 bits per heavy atom. The van der Waals surface area contributed by atoms with Gasteiger partial charge in [-0.25, -0.2) is 0 Å². The molecule has 0 saturated carbocycles. The van der Waals surface area contributed by atoms with Gasteiger partial charge < -0.3 is 4.74 Å². The predicted octanol–water partition coefficient (Wildman–Crippen LogP) is 2.00. The number of carbonyl (C=O) groups excluding carboxylic acids is 3. The second-order valence-corrected chi connectivity index (χ2v) is 5.75. The second kappa shape index (κ2) is 8.83. The van der Waals surface area contributed by atoms with Crippen molar-refractivity contribution in [3.05, 3.63) is 70.2 Å². The summed E-state index contributed by atoms with van der Waals surface area (Å²) in [6.07, 6.45) is 0.0664. The van der Waals surface area contributed by atoms with Gasteiger partial charge in [-0.3, -0.25) is 25.2 Å². The van der Waals surface area contributed by atoms with Crippen LogP contribution in [0.5, 0.6) is 0 Å². The number of esters is 1. The summed E-state index contributed by atoms with van der Waals surface area (Å²) >= 11 is 3.30. The minimum absolute atomic E-state index is 0.0664. The monoisotopic (exact) mass is 390 g/mol. The first-order valence-electron chi connectivity index (χ1n) is 7.09. The molecule has 0 atom stereocenters. The van der Waals surface area contributed by atoms with Crippen LogP contribution in [0.3, 0.4) is 0 Å². The van der Waals surface area contributed by atoms with Crippen LogP contribution < -0.4 is 10.9 Å². The standard InChI is InChI=1S/C17H15BrN2O4/c18-14-8-6-12(7-9-14)10-16(22)24-11-15(21)19-20-17(23)13-4-2-1-3-5-13/h1-9H,10-11H2,(H,19,21)(H,20,23).